The molecule has 0 bridgehead atoms. The molecule has 0 radical (unpaired) electrons. The third-order valence-corrected chi connectivity index (χ3v) is 4.72. The van der Waals surface area contributed by atoms with Crippen LogP contribution in [0.25, 0.3) is 5.69 Å². The first-order valence-corrected chi connectivity index (χ1v) is 9.50. The fourth-order valence-corrected chi connectivity index (χ4v) is 2.83. The molecule has 0 aliphatic heterocycles. The van der Waals surface area contributed by atoms with Gasteiger partial charge in [-0.1, -0.05) is 6.92 Å². The van der Waals surface area contributed by atoms with Gasteiger partial charge in [0.2, 0.25) is 0 Å². The summed E-state index contributed by atoms with van der Waals surface area (Å²) in [5.74, 6) is 0.845. The lowest BCUT2D eigenvalue weighted by molar-refractivity contribution is 0.415. The van der Waals surface area contributed by atoms with Crippen LogP contribution in [0.1, 0.15) is 26.3 Å². The van der Waals surface area contributed by atoms with Crippen molar-refractivity contribution in [2.24, 2.45) is 0 Å². The van der Waals surface area contributed by atoms with Crippen molar-refractivity contribution in [2.75, 3.05) is 30.8 Å². The molecular weight excluding hydrogens is 354 g/mol. The van der Waals surface area contributed by atoms with Crippen LogP contribution < -0.4 is 21.1 Å². The van der Waals surface area contributed by atoms with E-state index in [9.17, 15) is 4.79 Å². The fourth-order valence-electron chi connectivity index (χ4n) is 2.83. The SMILES string of the molecule is CC[C@H](C)n1ncn(-c2ccc(NCCNc3ccc(OC)cc3)cc2)c1=O. The summed E-state index contributed by atoms with van der Waals surface area (Å²) in [6, 6.07) is 15.7. The molecule has 3 rings (SSSR count). The highest BCUT2D eigenvalue weighted by Crippen LogP contribution is 2.15. The van der Waals surface area contributed by atoms with Crippen LogP contribution in [0.5, 0.6) is 5.75 Å². The number of nitrogens with zero attached hydrogens (tertiary/aromatic N) is 3. The Balaban J connectivity index is 1.53. The minimum atomic E-state index is -0.112. The number of hydrogen-bond acceptors (Lipinski definition) is 5. The summed E-state index contributed by atoms with van der Waals surface area (Å²) < 4.78 is 8.25. The lowest BCUT2D eigenvalue weighted by Crippen LogP contribution is -2.26. The molecule has 148 valence electrons. The number of nitrogens with one attached hydrogen (secondary N) is 2. The highest BCUT2D eigenvalue weighted by Gasteiger charge is 2.11. The second kappa shape index (κ2) is 9.12. The monoisotopic (exact) mass is 381 g/mol. The summed E-state index contributed by atoms with van der Waals surface area (Å²) in [5, 5.41) is 10.9. The van der Waals surface area contributed by atoms with Gasteiger partial charge in [-0.2, -0.15) is 5.10 Å². The predicted molar refractivity (Wildman–Crippen MR) is 113 cm³/mol. The van der Waals surface area contributed by atoms with Crippen molar-refractivity contribution in [2.45, 2.75) is 26.3 Å². The molecule has 0 amide bonds. The van der Waals surface area contributed by atoms with Gasteiger partial charge in [-0.3, -0.25) is 0 Å². The van der Waals surface area contributed by atoms with Gasteiger partial charge in [-0.05, 0) is 61.9 Å². The Labute approximate surface area is 165 Å². The summed E-state index contributed by atoms with van der Waals surface area (Å²) in [6.45, 7) is 5.60. The van der Waals surface area contributed by atoms with Crippen LogP contribution in [-0.2, 0) is 0 Å². The van der Waals surface area contributed by atoms with Gasteiger partial charge in [0.1, 0.15) is 12.1 Å². The van der Waals surface area contributed by atoms with Gasteiger partial charge in [0, 0.05) is 24.5 Å². The van der Waals surface area contributed by atoms with Crippen molar-refractivity contribution in [3.05, 3.63) is 65.3 Å². The lowest BCUT2D eigenvalue weighted by Gasteiger charge is -2.10. The van der Waals surface area contributed by atoms with Crippen LogP contribution in [-0.4, -0.2) is 34.5 Å². The molecule has 0 saturated carbocycles. The Hall–Kier alpha value is -3.22. The van der Waals surface area contributed by atoms with E-state index in [2.05, 4.69) is 15.7 Å². The van der Waals surface area contributed by atoms with Crippen molar-refractivity contribution in [3.8, 4) is 11.4 Å². The van der Waals surface area contributed by atoms with Crippen LogP contribution in [0.4, 0.5) is 11.4 Å². The highest BCUT2D eigenvalue weighted by atomic mass is 16.5. The molecule has 1 aromatic heterocycles. The third-order valence-electron chi connectivity index (χ3n) is 4.72. The minimum absolute atomic E-state index is 0.0906. The van der Waals surface area contributed by atoms with Gasteiger partial charge < -0.3 is 15.4 Å². The number of benzene rings is 2. The molecule has 0 aliphatic carbocycles. The lowest BCUT2D eigenvalue weighted by atomic mass is 10.2. The molecule has 7 nitrogen and oxygen atoms in total. The Morgan fingerprint density at radius 3 is 2.11 bits per heavy atom. The van der Waals surface area contributed by atoms with E-state index in [4.69, 9.17) is 4.74 Å². The topological polar surface area (TPSA) is 73.1 Å². The van der Waals surface area contributed by atoms with E-state index in [0.717, 1.165) is 42.3 Å². The molecule has 7 heteroatoms. The van der Waals surface area contributed by atoms with Crippen LogP contribution in [0, 0.1) is 0 Å². The van der Waals surface area contributed by atoms with Crippen molar-refractivity contribution in [1.29, 1.82) is 0 Å². The second-order valence-corrected chi connectivity index (χ2v) is 6.61. The van der Waals surface area contributed by atoms with Gasteiger partial charge in [-0.25, -0.2) is 14.0 Å². The van der Waals surface area contributed by atoms with Gasteiger partial charge in [0.25, 0.3) is 0 Å². The molecule has 0 fully saturated rings. The maximum absolute atomic E-state index is 12.5. The van der Waals surface area contributed by atoms with Gasteiger partial charge >= 0.3 is 5.69 Å². The molecule has 0 unspecified atom stereocenters. The maximum atomic E-state index is 12.5. The second-order valence-electron chi connectivity index (χ2n) is 6.61. The van der Waals surface area contributed by atoms with Crippen molar-refractivity contribution in [1.82, 2.24) is 14.3 Å². The molecule has 1 atom stereocenters. The molecule has 28 heavy (non-hydrogen) atoms. The van der Waals surface area contributed by atoms with E-state index in [1.807, 2.05) is 62.4 Å². The Morgan fingerprint density at radius 2 is 1.57 bits per heavy atom. The van der Waals surface area contributed by atoms with E-state index in [0.29, 0.717) is 0 Å². The first-order chi connectivity index (χ1) is 13.6. The minimum Gasteiger partial charge on any atom is -0.497 e. The van der Waals surface area contributed by atoms with Crippen LogP contribution in [0.2, 0.25) is 0 Å². The third kappa shape index (κ3) is 4.54. The van der Waals surface area contributed by atoms with Gasteiger partial charge in [-0.15, -0.1) is 0 Å². The molecule has 0 spiro atoms. The van der Waals surface area contributed by atoms with E-state index in [1.165, 1.54) is 4.68 Å². The Morgan fingerprint density at radius 1 is 1.00 bits per heavy atom. The van der Waals surface area contributed by atoms with Crippen LogP contribution in [0.3, 0.4) is 0 Å². The van der Waals surface area contributed by atoms with E-state index >= 15 is 0 Å². The average molecular weight is 381 g/mol. The van der Waals surface area contributed by atoms with E-state index < -0.39 is 0 Å². The highest BCUT2D eigenvalue weighted by molar-refractivity contribution is 5.49. The normalized spacial score (nSPS) is 11.8. The number of ether oxygens (including phenoxy) is 1. The smallest absolute Gasteiger partial charge is 0.350 e. The molecule has 2 aromatic carbocycles. The Bertz CT molecular complexity index is 929. The van der Waals surface area contributed by atoms with Crippen molar-refractivity contribution >= 4 is 11.4 Å². The zero-order valence-corrected chi connectivity index (χ0v) is 16.6. The molecular formula is C21H27N5O2. The molecule has 3 aromatic rings. The molecule has 1 heterocycles. The zero-order valence-electron chi connectivity index (χ0n) is 16.6. The molecule has 0 saturated heterocycles. The fraction of sp³-hybridized carbons (Fsp3) is 0.333. The Kier molecular flexibility index (Phi) is 6.37. The average Bonchev–Trinajstić information content (AvgIpc) is 3.13. The summed E-state index contributed by atoms with van der Waals surface area (Å²) in [5.41, 5.74) is 2.75. The van der Waals surface area contributed by atoms with Gasteiger partial charge in [0.15, 0.2) is 0 Å². The largest absolute Gasteiger partial charge is 0.497 e. The van der Waals surface area contributed by atoms with Gasteiger partial charge in [0.05, 0.1) is 18.8 Å². The van der Waals surface area contributed by atoms with E-state index in [-0.39, 0.29) is 11.7 Å². The summed E-state index contributed by atoms with van der Waals surface area (Å²) in [4.78, 5) is 12.5. The molecule has 2 N–H and O–H groups in total. The van der Waals surface area contributed by atoms with Crippen molar-refractivity contribution < 1.29 is 4.74 Å². The number of anilines is 2. The number of rotatable bonds is 9. The summed E-state index contributed by atoms with van der Waals surface area (Å²) in [7, 11) is 1.66. The maximum Gasteiger partial charge on any atom is 0.350 e. The quantitative estimate of drug-likeness (QED) is 0.555. The van der Waals surface area contributed by atoms with Crippen LogP contribution in [0.15, 0.2) is 59.7 Å². The van der Waals surface area contributed by atoms with E-state index in [1.54, 1.807) is 18.0 Å². The number of aromatic nitrogens is 3. The summed E-state index contributed by atoms with van der Waals surface area (Å²) in [6.07, 6.45) is 2.44. The predicted octanol–water partition coefficient (Wildman–Crippen LogP) is 3.54. The first kappa shape index (κ1) is 19.5. The zero-order chi connectivity index (χ0) is 19.9. The first-order valence-electron chi connectivity index (χ1n) is 9.50. The summed E-state index contributed by atoms with van der Waals surface area (Å²) >= 11 is 0. The number of hydrogen-bond donors (Lipinski definition) is 2. The van der Waals surface area contributed by atoms with Crippen molar-refractivity contribution in [3.63, 3.8) is 0 Å². The standard InChI is InChI=1S/C21H27N5O2/c1-4-16(2)26-21(27)25(15-24-26)19-9-5-17(6-10-19)22-13-14-23-18-7-11-20(28-3)12-8-18/h5-12,15-16,22-23H,4,13-14H2,1-3H3/t16-/m0/s1. The number of methoxy groups -OCH3 is 1. The van der Waals surface area contributed by atoms with Crippen LogP contribution >= 0.6 is 0 Å². The molecule has 0 aliphatic rings.